The van der Waals surface area contributed by atoms with Crippen molar-refractivity contribution in [1.29, 1.82) is 0 Å². The Morgan fingerprint density at radius 1 is 1.40 bits per heavy atom. The number of carbonyl (C=O) groups is 1. The van der Waals surface area contributed by atoms with Crippen LogP contribution in [0.3, 0.4) is 0 Å². The summed E-state index contributed by atoms with van der Waals surface area (Å²) in [6.45, 7) is 0.364. The first-order valence-electron chi connectivity index (χ1n) is 6.34. The van der Waals surface area contributed by atoms with Gasteiger partial charge in [0.2, 0.25) is 5.91 Å². The second kappa shape index (κ2) is 6.21. The maximum absolute atomic E-state index is 11.9. The van der Waals surface area contributed by atoms with Gasteiger partial charge in [0.1, 0.15) is 5.75 Å². The smallest absolute Gasteiger partial charge is 0.237 e. The molecule has 0 aliphatic heterocycles. The highest BCUT2D eigenvalue weighted by Gasteiger charge is 2.14. The lowest BCUT2D eigenvalue weighted by Crippen LogP contribution is -2.41. The monoisotopic (exact) mass is 274 g/mol. The molecule has 0 spiro atoms. The van der Waals surface area contributed by atoms with Gasteiger partial charge in [0.15, 0.2) is 0 Å². The minimum atomic E-state index is -0.622. The third-order valence-corrected chi connectivity index (χ3v) is 2.94. The van der Waals surface area contributed by atoms with Crippen LogP contribution >= 0.6 is 0 Å². The molecule has 20 heavy (non-hydrogen) atoms. The maximum atomic E-state index is 11.9. The van der Waals surface area contributed by atoms with Crippen molar-refractivity contribution in [1.82, 2.24) is 15.1 Å². The highest BCUT2D eigenvalue weighted by molar-refractivity contribution is 5.81. The summed E-state index contributed by atoms with van der Waals surface area (Å²) in [5, 5.41) is 16.1. The van der Waals surface area contributed by atoms with Gasteiger partial charge in [0.05, 0.1) is 18.3 Å². The Balaban J connectivity index is 1.84. The average molecular weight is 274 g/mol. The van der Waals surface area contributed by atoms with Crippen molar-refractivity contribution in [3.05, 3.63) is 47.8 Å². The van der Waals surface area contributed by atoms with Gasteiger partial charge in [-0.3, -0.25) is 9.48 Å². The molecular weight excluding hydrogens is 256 g/mol. The molecule has 2 aromatic rings. The molecule has 0 saturated heterocycles. The van der Waals surface area contributed by atoms with Crippen LogP contribution in [0.5, 0.6) is 5.75 Å². The van der Waals surface area contributed by atoms with Gasteiger partial charge in [-0.15, -0.1) is 0 Å². The number of nitrogens with zero attached hydrogens (tertiary/aromatic N) is 2. The van der Waals surface area contributed by atoms with E-state index in [-0.39, 0.29) is 11.7 Å². The zero-order valence-electron chi connectivity index (χ0n) is 11.3. The number of aryl methyl sites for hydroxylation is 1. The Morgan fingerprint density at radius 2 is 2.10 bits per heavy atom. The molecule has 4 N–H and O–H groups in total. The Kier molecular flexibility index (Phi) is 4.37. The quantitative estimate of drug-likeness (QED) is 0.731. The predicted molar refractivity (Wildman–Crippen MR) is 74.8 cm³/mol. The van der Waals surface area contributed by atoms with Crippen LogP contribution in [-0.4, -0.2) is 26.8 Å². The number of benzene rings is 1. The summed E-state index contributed by atoms with van der Waals surface area (Å²) in [5.41, 5.74) is 7.55. The van der Waals surface area contributed by atoms with E-state index in [1.165, 1.54) is 0 Å². The zero-order valence-corrected chi connectivity index (χ0v) is 11.3. The van der Waals surface area contributed by atoms with Crippen LogP contribution in [-0.2, 0) is 24.8 Å². The topological polar surface area (TPSA) is 93.2 Å². The van der Waals surface area contributed by atoms with Crippen LogP contribution in [0.4, 0.5) is 0 Å². The summed E-state index contributed by atoms with van der Waals surface area (Å²) in [5.74, 6) is -0.0225. The lowest BCUT2D eigenvalue weighted by Gasteiger charge is -2.11. The Bertz CT molecular complexity index is 577. The van der Waals surface area contributed by atoms with Crippen molar-refractivity contribution < 1.29 is 9.90 Å². The Labute approximate surface area is 117 Å². The molecule has 6 heteroatoms. The van der Waals surface area contributed by atoms with E-state index in [4.69, 9.17) is 5.73 Å². The van der Waals surface area contributed by atoms with Gasteiger partial charge in [-0.1, -0.05) is 12.1 Å². The van der Waals surface area contributed by atoms with Crippen LogP contribution < -0.4 is 11.1 Å². The van der Waals surface area contributed by atoms with Gasteiger partial charge in [-0.05, 0) is 30.2 Å². The average Bonchev–Trinajstić information content (AvgIpc) is 2.84. The number of amides is 1. The lowest BCUT2D eigenvalue weighted by molar-refractivity contribution is -0.122. The predicted octanol–water partition coefficient (Wildman–Crippen LogP) is 0.312. The Hall–Kier alpha value is -2.34. The fourth-order valence-corrected chi connectivity index (χ4v) is 1.84. The van der Waals surface area contributed by atoms with Crippen LogP contribution in [0.1, 0.15) is 11.3 Å². The summed E-state index contributed by atoms with van der Waals surface area (Å²) in [6, 6.07) is 7.87. The van der Waals surface area contributed by atoms with Crippen molar-refractivity contribution in [3.63, 3.8) is 0 Å². The minimum absolute atomic E-state index is 0.196. The number of carbonyl (C=O) groups excluding carboxylic acids is 1. The van der Waals surface area contributed by atoms with E-state index in [0.717, 1.165) is 11.3 Å². The van der Waals surface area contributed by atoms with Gasteiger partial charge >= 0.3 is 0 Å². The molecule has 0 radical (unpaired) electrons. The number of nitrogens with one attached hydrogen (secondary N) is 1. The Morgan fingerprint density at radius 3 is 2.70 bits per heavy atom. The molecule has 1 unspecified atom stereocenters. The molecule has 0 fully saturated rings. The molecule has 1 atom stereocenters. The van der Waals surface area contributed by atoms with Crippen molar-refractivity contribution in [2.75, 3.05) is 0 Å². The van der Waals surface area contributed by atoms with Crippen LogP contribution in [0.25, 0.3) is 0 Å². The SMILES string of the molecule is Cn1ccc(CNC(=O)C(N)Cc2ccc(O)cc2)n1. The molecule has 0 aliphatic rings. The van der Waals surface area contributed by atoms with E-state index in [9.17, 15) is 9.90 Å². The fourth-order valence-electron chi connectivity index (χ4n) is 1.84. The normalized spacial score (nSPS) is 12.1. The first-order valence-corrected chi connectivity index (χ1v) is 6.34. The van der Waals surface area contributed by atoms with Crippen molar-refractivity contribution in [2.45, 2.75) is 19.0 Å². The molecule has 0 bridgehead atoms. The number of hydrogen-bond acceptors (Lipinski definition) is 4. The molecule has 1 amide bonds. The summed E-state index contributed by atoms with van der Waals surface area (Å²) in [4.78, 5) is 11.9. The number of hydrogen-bond donors (Lipinski definition) is 3. The first kappa shape index (κ1) is 14.1. The second-order valence-electron chi connectivity index (χ2n) is 4.68. The minimum Gasteiger partial charge on any atom is -0.508 e. The van der Waals surface area contributed by atoms with E-state index in [2.05, 4.69) is 10.4 Å². The van der Waals surface area contributed by atoms with Gasteiger partial charge < -0.3 is 16.2 Å². The van der Waals surface area contributed by atoms with Crippen LogP contribution in [0.2, 0.25) is 0 Å². The molecule has 1 heterocycles. The number of aromatic hydroxyl groups is 1. The van der Waals surface area contributed by atoms with Gasteiger partial charge in [0, 0.05) is 13.2 Å². The van der Waals surface area contributed by atoms with E-state index >= 15 is 0 Å². The number of nitrogens with two attached hydrogens (primary N) is 1. The number of rotatable bonds is 5. The van der Waals surface area contributed by atoms with Gasteiger partial charge in [-0.2, -0.15) is 5.10 Å². The molecule has 6 nitrogen and oxygen atoms in total. The third kappa shape index (κ3) is 3.83. The molecule has 1 aromatic carbocycles. The lowest BCUT2D eigenvalue weighted by atomic mass is 10.1. The van der Waals surface area contributed by atoms with E-state index in [1.54, 1.807) is 28.9 Å². The second-order valence-corrected chi connectivity index (χ2v) is 4.68. The maximum Gasteiger partial charge on any atom is 0.237 e. The summed E-state index contributed by atoms with van der Waals surface area (Å²) >= 11 is 0. The number of phenolic OH excluding ortho intramolecular Hbond substituents is 1. The van der Waals surface area contributed by atoms with Gasteiger partial charge in [0.25, 0.3) is 0 Å². The molecule has 0 saturated carbocycles. The molecule has 0 aliphatic carbocycles. The van der Waals surface area contributed by atoms with E-state index < -0.39 is 6.04 Å². The van der Waals surface area contributed by atoms with Crippen molar-refractivity contribution >= 4 is 5.91 Å². The van der Waals surface area contributed by atoms with E-state index in [1.807, 2.05) is 19.3 Å². The molecular formula is C14H18N4O2. The van der Waals surface area contributed by atoms with Crippen molar-refractivity contribution in [2.24, 2.45) is 12.8 Å². The largest absolute Gasteiger partial charge is 0.508 e. The molecule has 2 rings (SSSR count). The first-order chi connectivity index (χ1) is 9.54. The molecule has 106 valence electrons. The highest BCUT2D eigenvalue weighted by Crippen LogP contribution is 2.10. The molecule has 1 aromatic heterocycles. The number of aromatic nitrogens is 2. The highest BCUT2D eigenvalue weighted by atomic mass is 16.3. The van der Waals surface area contributed by atoms with Gasteiger partial charge in [-0.25, -0.2) is 0 Å². The fraction of sp³-hybridized carbons (Fsp3) is 0.286. The standard InChI is InChI=1S/C14H18N4O2/c1-18-7-6-11(17-18)9-16-14(20)13(15)8-10-2-4-12(19)5-3-10/h2-7,13,19H,8-9,15H2,1H3,(H,16,20). The summed E-state index contributed by atoms with van der Waals surface area (Å²) < 4.78 is 1.68. The van der Waals surface area contributed by atoms with Crippen molar-refractivity contribution in [3.8, 4) is 5.75 Å². The number of phenols is 1. The zero-order chi connectivity index (χ0) is 14.5. The summed E-state index contributed by atoms with van der Waals surface area (Å²) in [7, 11) is 1.82. The van der Waals surface area contributed by atoms with Crippen LogP contribution in [0.15, 0.2) is 36.5 Å². The van der Waals surface area contributed by atoms with E-state index in [0.29, 0.717) is 13.0 Å². The van der Waals surface area contributed by atoms with Crippen LogP contribution in [0, 0.1) is 0 Å². The summed E-state index contributed by atoms with van der Waals surface area (Å²) in [6.07, 6.45) is 2.24. The third-order valence-electron chi connectivity index (χ3n) is 2.94.